The zero-order valence-electron chi connectivity index (χ0n) is 15.3. The Morgan fingerprint density at radius 1 is 0.958 bits per heavy atom. The molecule has 0 aliphatic heterocycles. The van der Waals surface area contributed by atoms with Crippen molar-refractivity contribution in [1.29, 1.82) is 0 Å². The van der Waals surface area contributed by atoms with Crippen molar-refractivity contribution in [3.8, 4) is 11.1 Å². The Labute approximate surface area is 165 Å². The fourth-order valence-electron chi connectivity index (χ4n) is 3.26. The van der Waals surface area contributed by atoms with Crippen LogP contribution in [0, 0.1) is 6.07 Å². The van der Waals surface area contributed by atoms with Gasteiger partial charge in [-0.3, -0.25) is 0 Å². The van der Waals surface area contributed by atoms with Gasteiger partial charge < -0.3 is 0 Å². The maximum absolute atomic E-state index is 4.96. The Kier molecular flexibility index (Phi) is 6.43. The van der Waals surface area contributed by atoms with Gasteiger partial charge in [-0.2, -0.15) is 0 Å². The van der Waals surface area contributed by atoms with Gasteiger partial charge in [-0.25, -0.2) is 0 Å². The van der Waals surface area contributed by atoms with E-state index in [-0.39, 0.29) is 10.8 Å². The Balaban J connectivity index is 0.000000647. The predicted molar refractivity (Wildman–Crippen MR) is 103 cm³/mol. The van der Waals surface area contributed by atoms with Crippen LogP contribution in [0.25, 0.3) is 11.1 Å². The summed E-state index contributed by atoms with van der Waals surface area (Å²) in [6.07, 6.45) is 1.03. The molecule has 0 unspecified atom stereocenters. The van der Waals surface area contributed by atoms with E-state index in [0.717, 1.165) is 6.42 Å². The molecule has 0 aromatic heterocycles. The molecule has 0 bridgehead atoms. The van der Waals surface area contributed by atoms with Gasteiger partial charge in [0.1, 0.15) is 0 Å². The summed E-state index contributed by atoms with van der Waals surface area (Å²) in [6.45, 7) is 13.7. The summed E-state index contributed by atoms with van der Waals surface area (Å²) in [6, 6.07) is 14.9. The number of hydrogen-bond acceptors (Lipinski definition) is 0. The van der Waals surface area contributed by atoms with Gasteiger partial charge in [0.25, 0.3) is 0 Å². The maximum atomic E-state index is 4.96. The number of benzene rings is 2. The van der Waals surface area contributed by atoms with E-state index in [1.165, 1.54) is 33.4 Å². The second-order valence-electron chi connectivity index (χ2n) is 8.36. The molecule has 0 heterocycles. The molecule has 1 aliphatic rings. The Hall–Kier alpha value is -0.110. The summed E-state index contributed by atoms with van der Waals surface area (Å²) in [5.41, 5.74) is 8.88. The SMILES string of the molecule is CC(C)(C)c1c[c]c2c(c1)-c1cccc(C(C)(C)C)c1C2.[Cl][Hf][Cl]. The molecule has 0 spiro atoms. The van der Waals surface area contributed by atoms with Crippen LogP contribution in [0.2, 0.25) is 0 Å². The molecule has 0 fully saturated rings. The number of hydrogen-bond donors (Lipinski definition) is 0. The van der Waals surface area contributed by atoms with Crippen LogP contribution in [0.5, 0.6) is 0 Å². The normalized spacial score (nSPS) is 12.8. The third-order valence-corrected chi connectivity index (χ3v) is 4.52. The fraction of sp³-hybridized carbons (Fsp3) is 0.429. The van der Waals surface area contributed by atoms with Crippen LogP contribution in [0.1, 0.15) is 63.8 Å². The van der Waals surface area contributed by atoms with E-state index in [9.17, 15) is 0 Å². The molecule has 3 heteroatoms. The molecule has 0 saturated carbocycles. The molecule has 0 N–H and O–H groups in total. The van der Waals surface area contributed by atoms with E-state index >= 15 is 0 Å². The van der Waals surface area contributed by atoms with Crippen molar-refractivity contribution in [1.82, 2.24) is 0 Å². The van der Waals surface area contributed by atoms with Crippen LogP contribution >= 0.6 is 17.2 Å². The quantitative estimate of drug-likeness (QED) is 0.276. The van der Waals surface area contributed by atoms with Gasteiger partial charge in [0.15, 0.2) is 0 Å². The first-order chi connectivity index (χ1) is 11.1. The molecule has 0 saturated heterocycles. The van der Waals surface area contributed by atoms with Crippen molar-refractivity contribution in [2.45, 2.75) is 58.8 Å². The molecule has 2 aromatic carbocycles. The van der Waals surface area contributed by atoms with Gasteiger partial charge in [-0.1, -0.05) is 71.9 Å². The van der Waals surface area contributed by atoms with Gasteiger partial charge in [0.2, 0.25) is 0 Å². The van der Waals surface area contributed by atoms with E-state index in [4.69, 9.17) is 17.2 Å². The fourth-order valence-corrected chi connectivity index (χ4v) is 3.26. The second kappa shape index (κ2) is 7.64. The minimum absolute atomic E-state index is 0.177. The summed E-state index contributed by atoms with van der Waals surface area (Å²) in [5.74, 6) is 0. The molecule has 24 heavy (non-hydrogen) atoms. The Morgan fingerprint density at radius 3 is 2.12 bits per heavy atom. The molecule has 0 atom stereocenters. The van der Waals surface area contributed by atoms with Crippen LogP contribution in [-0.4, -0.2) is 0 Å². The van der Waals surface area contributed by atoms with Gasteiger partial charge in [0.05, 0.1) is 0 Å². The van der Waals surface area contributed by atoms with Crippen LogP contribution in [-0.2, 0) is 37.8 Å². The Bertz CT molecular complexity index is 722. The third-order valence-electron chi connectivity index (χ3n) is 4.52. The molecule has 2 aromatic rings. The molecule has 0 nitrogen and oxygen atoms in total. The molecule has 0 amide bonds. The summed E-state index contributed by atoms with van der Waals surface area (Å²) in [7, 11) is 9.92. The van der Waals surface area contributed by atoms with Crippen LogP contribution in [0.15, 0.2) is 30.3 Å². The standard InChI is InChI=1S/C21H25.2ClH.Hf/c1-20(2,3)15-11-10-14-12-18-16(17(14)13-15)8-7-9-19(18)21(4,5)6;;;/h7-9,11,13H,12H2,1-6H3;2*1H;/q;;;+2/p-2. The van der Waals surface area contributed by atoms with E-state index in [1.807, 2.05) is 0 Å². The molecule has 1 radical (unpaired) electrons. The first kappa shape index (κ1) is 20.2. The topological polar surface area (TPSA) is 0 Å². The zero-order chi connectivity index (χ0) is 18.1. The monoisotopic (exact) mass is 527 g/mol. The number of rotatable bonds is 0. The van der Waals surface area contributed by atoms with Crippen molar-refractivity contribution in [2.75, 3.05) is 0 Å². The van der Waals surface area contributed by atoms with E-state index in [2.05, 4.69) is 77.9 Å². The first-order valence-electron chi connectivity index (χ1n) is 8.23. The van der Waals surface area contributed by atoms with Crippen molar-refractivity contribution < 1.29 is 20.5 Å². The third kappa shape index (κ3) is 4.34. The summed E-state index contributed by atoms with van der Waals surface area (Å²) in [5, 5.41) is 0. The zero-order valence-corrected chi connectivity index (χ0v) is 20.5. The average molecular weight is 527 g/mol. The van der Waals surface area contributed by atoms with Gasteiger partial charge in [-0.05, 0) is 56.7 Å². The van der Waals surface area contributed by atoms with Gasteiger partial charge in [-0.15, -0.1) is 0 Å². The summed E-state index contributed by atoms with van der Waals surface area (Å²) in [4.78, 5) is 0. The molecule has 3 rings (SSSR count). The molecular formula is C21H25Cl2Hf. The molecular weight excluding hydrogens is 502 g/mol. The molecule has 1 aliphatic carbocycles. The minimum atomic E-state index is -0.972. The van der Waals surface area contributed by atoms with Gasteiger partial charge >= 0.3 is 37.7 Å². The summed E-state index contributed by atoms with van der Waals surface area (Å²) < 4.78 is 0. The van der Waals surface area contributed by atoms with Crippen molar-refractivity contribution in [2.24, 2.45) is 0 Å². The van der Waals surface area contributed by atoms with Crippen molar-refractivity contribution in [3.05, 3.63) is 58.7 Å². The van der Waals surface area contributed by atoms with E-state index in [1.54, 1.807) is 0 Å². The van der Waals surface area contributed by atoms with Crippen molar-refractivity contribution >= 4 is 17.2 Å². The van der Waals surface area contributed by atoms with Crippen LogP contribution in [0.3, 0.4) is 0 Å². The van der Waals surface area contributed by atoms with Crippen LogP contribution in [0.4, 0.5) is 0 Å². The summed E-state index contributed by atoms with van der Waals surface area (Å²) >= 11 is -0.972. The van der Waals surface area contributed by atoms with Crippen molar-refractivity contribution in [3.63, 3.8) is 0 Å². The van der Waals surface area contributed by atoms with E-state index in [0.29, 0.717) is 0 Å². The van der Waals surface area contributed by atoms with E-state index < -0.39 is 20.5 Å². The number of fused-ring (bicyclic) bond motifs is 3. The van der Waals surface area contributed by atoms with Crippen LogP contribution < -0.4 is 0 Å². The second-order valence-corrected chi connectivity index (χ2v) is 13.6. The number of halogens is 2. The predicted octanol–water partition coefficient (Wildman–Crippen LogP) is 7.03. The molecule has 127 valence electrons. The van der Waals surface area contributed by atoms with Gasteiger partial charge in [0, 0.05) is 0 Å². The Morgan fingerprint density at radius 2 is 1.58 bits per heavy atom. The average Bonchev–Trinajstić information content (AvgIpc) is 2.83. The first-order valence-corrected chi connectivity index (χ1v) is 17.1.